The van der Waals surface area contributed by atoms with Gasteiger partial charge in [-0.25, -0.2) is 8.42 Å². The fraction of sp³-hybridized carbons (Fsp3) is 0.136. The van der Waals surface area contributed by atoms with Gasteiger partial charge in [0.05, 0.1) is 15.8 Å². The molecule has 5 nitrogen and oxygen atoms in total. The van der Waals surface area contributed by atoms with Crippen LogP contribution in [0.5, 0.6) is 0 Å². The summed E-state index contributed by atoms with van der Waals surface area (Å²) in [5.41, 5.74) is 0.886. The van der Waals surface area contributed by atoms with Crippen LogP contribution < -0.4 is 10.0 Å². The molecule has 1 amide bonds. The van der Waals surface area contributed by atoms with E-state index >= 15 is 0 Å². The first kappa shape index (κ1) is 23.5. The summed E-state index contributed by atoms with van der Waals surface area (Å²) in [5.74, 6) is -0.157. The Kier molecular flexibility index (Phi) is 7.89. The molecule has 31 heavy (non-hydrogen) atoms. The molecular weight excluding hydrogens is 475 g/mol. The van der Waals surface area contributed by atoms with Gasteiger partial charge in [-0.3, -0.25) is 9.52 Å². The minimum atomic E-state index is -3.78. The molecule has 0 bridgehead atoms. The van der Waals surface area contributed by atoms with Crippen LogP contribution in [-0.4, -0.2) is 19.6 Å². The molecule has 0 aliphatic rings. The Morgan fingerprint density at radius 2 is 1.61 bits per heavy atom. The molecule has 0 aliphatic carbocycles. The van der Waals surface area contributed by atoms with E-state index in [0.717, 1.165) is 4.90 Å². The highest BCUT2D eigenvalue weighted by atomic mass is 35.5. The zero-order chi connectivity index (χ0) is 22.4. The molecule has 1 atom stereocenters. The smallest absolute Gasteiger partial charge is 0.261 e. The van der Waals surface area contributed by atoms with Crippen LogP contribution >= 0.6 is 35.0 Å². The number of halogens is 2. The normalized spacial score (nSPS) is 12.2. The summed E-state index contributed by atoms with van der Waals surface area (Å²) in [7, 11) is -3.78. The molecular formula is C22H20Cl2N2O3S2. The summed E-state index contributed by atoms with van der Waals surface area (Å²) >= 11 is 13.3. The maximum Gasteiger partial charge on any atom is 0.261 e. The lowest BCUT2D eigenvalue weighted by Gasteiger charge is -2.15. The van der Waals surface area contributed by atoms with E-state index in [1.807, 2.05) is 19.1 Å². The largest absolute Gasteiger partial charge is 0.325 e. The van der Waals surface area contributed by atoms with E-state index in [1.165, 1.54) is 30.0 Å². The average Bonchev–Trinajstić information content (AvgIpc) is 2.73. The number of anilines is 2. The lowest BCUT2D eigenvalue weighted by Crippen LogP contribution is -2.24. The molecule has 3 aromatic rings. The SMILES string of the molecule is CCC(Sc1ccc(Cl)cc1)C(=O)Nc1ccc(S(=O)(=O)Nc2cccc(Cl)c2)cc1. The van der Waals surface area contributed by atoms with E-state index in [4.69, 9.17) is 23.2 Å². The second-order valence-electron chi connectivity index (χ2n) is 6.60. The van der Waals surface area contributed by atoms with Crippen LogP contribution in [-0.2, 0) is 14.8 Å². The van der Waals surface area contributed by atoms with E-state index in [-0.39, 0.29) is 16.1 Å². The zero-order valence-electron chi connectivity index (χ0n) is 16.5. The van der Waals surface area contributed by atoms with E-state index in [0.29, 0.717) is 27.8 Å². The van der Waals surface area contributed by atoms with Crippen LogP contribution in [0.25, 0.3) is 0 Å². The topological polar surface area (TPSA) is 75.3 Å². The van der Waals surface area contributed by atoms with Gasteiger partial charge in [-0.15, -0.1) is 11.8 Å². The third-order valence-corrected chi connectivity index (χ3v) is 7.52. The first-order chi connectivity index (χ1) is 14.8. The average molecular weight is 495 g/mol. The molecule has 3 rings (SSSR count). The van der Waals surface area contributed by atoms with Crippen LogP contribution in [0, 0.1) is 0 Å². The second kappa shape index (κ2) is 10.4. The first-order valence-corrected chi connectivity index (χ1v) is 12.5. The van der Waals surface area contributed by atoms with Crippen molar-refractivity contribution in [3.8, 4) is 0 Å². The highest BCUT2D eigenvalue weighted by Crippen LogP contribution is 2.28. The lowest BCUT2D eigenvalue weighted by atomic mass is 10.3. The van der Waals surface area contributed by atoms with Gasteiger partial charge in [0.1, 0.15) is 0 Å². The minimum absolute atomic E-state index is 0.0769. The van der Waals surface area contributed by atoms with Gasteiger partial charge in [0.25, 0.3) is 10.0 Å². The summed E-state index contributed by atoms with van der Waals surface area (Å²) in [5, 5.41) is 3.62. The van der Waals surface area contributed by atoms with Crippen LogP contribution in [0.15, 0.2) is 82.6 Å². The van der Waals surface area contributed by atoms with Crippen molar-refractivity contribution in [3.05, 3.63) is 82.8 Å². The van der Waals surface area contributed by atoms with Crippen molar-refractivity contribution in [2.24, 2.45) is 0 Å². The van der Waals surface area contributed by atoms with Crippen molar-refractivity contribution in [2.45, 2.75) is 28.4 Å². The minimum Gasteiger partial charge on any atom is -0.325 e. The van der Waals surface area contributed by atoms with Gasteiger partial charge in [-0.05, 0) is 73.2 Å². The molecule has 9 heteroatoms. The fourth-order valence-corrected chi connectivity index (χ4v) is 5.03. The number of hydrogen-bond donors (Lipinski definition) is 2. The number of carbonyl (C=O) groups excluding carboxylic acids is 1. The predicted octanol–water partition coefficient (Wildman–Crippen LogP) is 6.30. The summed E-state index contributed by atoms with van der Waals surface area (Å²) in [4.78, 5) is 13.7. The van der Waals surface area contributed by atoms with E-state index in [2.05, 4.69) is 10.0 Å². The third kappa shape index (κ3) is 6.64. The fourth-order valence-electron chi connectivity index (χ4n) is 2.71. The molecule has 1 unspecified atom stereocenters. The maximum atomic E-state index is 12.7. The Bertz CT molecular complexity index is 1150. The second-order valence-corrected chi connectivity index (χ2v) is 10.4. The van der Waals surface area contributed by atoms with Gasteiger partial charge < -0.3 is 5.32 Å². The zero-order valence-corrected chi connectivity index (χ0v) is 19.7. The number of hydrogen-bond acceptors (Lipinski definition) is 4. The number of amides is 1. The van der Waals surface area contributed by atoms with E-state index in [9.17, 15) is 13.2 Å². The van der Waals surface area contributed by atoms with E-state index < -0.39 is 10.0 Å². The van der Waals surface area contributed by atoms with E-state index in [1.54, 1.807) is 42.5 Å². The van der Waals surface area contributed by atoms with Crippen molar-refractivity contribution < 1.29 is 13.2 Å². The van der Waals surface area contributed by atoms with Crippen molar-refractivity contribution in [1.29, 1.82) is 0 Å². The monoisotopic (exact) mass is 494 g/mol. The number of carbonyl (C=O) groups is 1. The number of nitrogens with one attached hydrogen (secondary N) is 2. The highest BCUT2D eigenvalue weighted by Gasteiger charge is 2.19. The molecule has 0 radical (unpaired) electrons. The maximum absolute atomic E-state index is 12.7. The van der Waals surface area contributed by atoms with Crippen LogP contribution in [0.2, 0.25) is 10.0 Å². The molecule has 0 saturated carbocycles. The summed E-state index contributed by atoms with van der Waals surface area (Å²) < 4.78 is 27.6. The molecule has 3 aromatic carbocycles. The Labute approximate surface area is 196 Å². The molecule has 0 fully saturated rings. The van der Waals surface area contributed by atoms with Gasteiger partial charge in [-0.2, -0.15) is 0 Å². The first-order valence-electron chi connectivity index (χ1n) is 9.38. The Hall–Kier alpha value is -2.19. The quantitative estimate of drug-likeness (QED) is 0.360. The van der Waals surface area contributed by atoms with Crippen LogP contribution in [0.1, 0.15) is 13.3 Å². The lowest BCUT2D eigenvalue weighted by molar-refractivity contribution is -0.115. The number of sulfonamides is 1. The Morgan fingerprint density at radius 1 is 0.935 bits per heavy atom. The van der Waals surface area contributed by atoms with Gasteiger partial charge in [0, 0.05) is 20.6 Å². The summed E-state index contributed by atoms with van der Waals surface area (Å²) in [6.07, 6.45) is 0.634. The molecule has 0 aliphatic heterocycles. The summed E-state index contributed by atoms with van der Waals surface area (Å²) in [6, 6.07) is 19.8. The van der Waals surface area contributed by atoms with Gasteiger partial charge >= 0.3 is 0 Å². The van der Waals surface area contributed by atoms with Crippen LogP contribution in [0.3, 0.4) is 0 Å². The van der Waals surface area contributed by atoms with Gasteiger partial charge in [0.2, 0.25) is 5.91 Å². The van der Waals surface area contributed by atoms with Crippen molar-refractivity contribution in [3.63, 3.8) is 0 Å². The Morgan fingerprint density at radius 3 is 2.23 bits per heavy atom. The molecule has 0 heterocycles. The molecule has 2 N–H and O–H groups in total. The van der Waals surface area contributed by atoms with Gasteiger partial charge in [0.15, 0.2) is 0 Å². The van der Waals surface area contributed by atoms with Crippen molar-refractivity contribution in [1.82, 2.24) is 0 Å². The van der Waals surface area contributed by atoms with Crippen molar-refractivity contribution in [2.75, 3.05) is 10.0 Å². The number of rotatable bonds is 8. The standard InChI is InChI=1S/C22H20Cl2N2O3S2/c1-2-21(30-19-10-6-15(23)7-11-19)22(27)25-17-8-12-20(13-9-17)31(28,29)26-18-5-3-4-16(24)14-18/h3-14,21,26H,2H2,1H3,(H,25,27). The molecule has 0 aromatic heterocycles. The Balaban J connectivity index is 1.66. The molecule has 162 valence electrons. The molecule has 0 saturated heterocycles. The van der Waals surface area contributed by atoms with Crippen LogP contribution in [0.4, 0.5) is 11.4 Å². The van der Waals surface area contributed by atoms with Crippen molar-refractivity contribution >= 4 is 62.3 Å². The number of thioether (sulfide) groups is 1. The highest BCUT2D eigenvalue weighted by molar-refractivity contribution is 8.00. The third-order valence-electron chi connectivity index (χ3n) is 4.26. The summed E-state index contributed by atoms with van der Waals surface area (Å²) in [6.45, 7) is 1.93. The molecule has 0 spiro atoms. The predicted molar refractivity (Wildman–Crippen MR) is 129 cm³/mol. The van der Waals surface area contributed by atoms with Gasteiger partial charge in [-0.1, -0.05) is 36.2 Å². The number of benzene rings is 3.